The first-order valence-electron chi connectivity index (χ1n) is 8.59. The Morgan fingerprint density at radius 3 is 2.70 bits per heavy atom. The van der Waals surface area contributed by atoms with Crippen LogP contribution in [0.15, 0.2) is 42.5 Å². The van der Waals surface area contributed by atoms with Crippen LogP contribution in [0.1, 0.15) is 10.4 Å². The molecule has 7 nitrogen and oxygen atoms in total. The number of nitrogens with one attached hydrogen (secondary N) is 2. The second-order valence-electron chi connectivity index (χ2n) is 6.28. The number of halogens is 1. The Kier molecular flexibility index (Phi) is 4.64. The van der Waals surface area contributed by atoms with Gasteiger partial charge >= 0.3 is 0 Å². The van der Waals surface area contributed by atoms with Crippen molar-refractivity contribution in [3.63, 3.8) is 0 Å². The molecule has 4 rings (SSSR count). The van der Waals surface area contributed by atoms with Gasteiger partial charge in [-0.3, -0.25) is 9.59 Å². The molecule has 0 unspecified atom stereocenters. The van der Waals surface area contributed by atoms with E-state index in [9.17, 15) is 14.0 Å². The highest BCUT2D eigenvalue weighted by Gasteiger charge is 2.33. The highest BCUT2D eigenvalue weighted by molar-refractivity contribution is 6.01. The third kappa shape index (κ3) is 3.56. The summed E-state index contributed by atoms with van der Waals surface area (Å²) in [7, 11) is 0. The van der Waals surface area contributed by atoms with E-state index in [0.717, 1.165) is 0 Å². The van der Waals surface area contributed by atoms with Gasteiger partial charge in [0.1, 0.15) is 11.9 Å². The first kappa shape index (κ1) is 17.3. The molecule has 1 fully saturated rings. The monoisotopic (exact) mass is 371 g/mol. The SMILES string of the molecule is O=C(Nc1ccc(F)cc1)[C@H]1CNCCN1C(=O)c1ccc2c(c1)OCO2. The molecule has 0 aliphatic carbocycles. The first-order valence-corrected chi connectivity index (χ1v) is 8.59. The Bertz CT molecular complexity index is 872. The lowest BCUT2D eigenvalue weighted by Crippen LogP contribution is -2.58. The minimum absolute atomic E-state index is 0.128. The molecule has 2 aromatic carbocycles. The summed E-state index contributed by atoms with van der Waals surface area (Å²) >= 11 is 0. The number of carbonyl (C=O) groups is 2. The van der Waals surface area contributed by atoms with Crippen LogP contribution in [0.2, 0.25) is 0 Å². The molecule has 0 bridgehead atoms. The average molecular weight is 371 g/mol. The van der Waals surface area contributed by atoms with Crippen LogP contribution in [0, 0.1) is 5.82 Å². The van der Waals surface area contributed by atoms with Crippen molar-refractivity contribution in [1.29, 1.82) is 0 Å². The quantitative estimate of drug-likeness (QED) is 0.857. The summed E-state index contributed by atoms with van der Waals surface area (Å²) in [6, 6.07) is 9.79. The largest absolute Gasteiger partial charge is 0.454 e. The zero-order chi connectivity index (χ0) is 18.8. The summed E-state index contributed by atoms with van der Waals surface area (Å²) in [5.41, 5.74) is 0.906. The number of piperazine rings is 1. The van der Waals surface area contributed by atoms with Crippen LogP contribution in [-0.4, -0.2) is 49.2 Å². The van der Waals surface area contributed by atoms with Gasteiger partial charge < -0.3 is 25.0 Å². The molecular formula is C19H18FN3O4. The van der Waals surface area contributed by atoms with Crippen LogP contribution >= 0.6 is 0 Å². The average Bonchev–Trinajstić information content (AvgIpc) is 3.17. The van der Waals surface area contributed by atoms with Gasteiger partial charge in [-0.2, -0.15) is 0 Å². The molecular weight excluding hydrogens is 353 g/mol. The van der Waals surface area contributed by atoms with Crippen LogP contribution in [0.25, 0.3) is 0 Å². The zero-order valence-electron chi connectivity index (χ0n) is 14.4. The summed E-state index contributed by atoms with van der Waals surface area (Å²) < 4.78 is 23.6. The van der Waals surface area contributed by atoms with Gasteiger partial charge in [0, 0.05) is 30.9 Å². The Morgan fingerprint density at radius 2 is 1.89 bits per heavy atom. The summed E-state index contributed by atoms with van der Waals surface area (Å²) in [5, 5.41) is 5.86. The molecule has 1 saturated heterocycles. The number of ether oxygens (including phenoxy) is 2. The number of benzene rings is 2. The molecule has 2 heterocycles. The van der Waals surface area contributed by atoms with Gasteiger partial charge in [-0.05, 0) is 42.5 Å². The van der Waals surface area contributed by atoms with E-state index in [4.69, 9.17) is 9.47 Å². The highest BCUT2D eigenvalue weighted by atomic mass is 19.1. The van der Waals surface area contributed by atoms with Gasteiger partial charge in [-0.15, -0.1) is 0 Å². The van der Waals surface area contributed by atoms with Crippen LogP contribution in [0.3, 0.4) is 0 Å². The normalized spacial score (nSPS) is 18.3. The molecule has 2 aliphatic rings. The highest BCUT2D eigenvalue weighted by Crippen LogP contribution is 2.33. The van der Waals surface area contributed by atoms with Gasteiger partial charge in [-0.1, -0.05) is 0 Å². The van der Waals surface area contributed by atoms with Crippen molar-refractivity contribution >= 4 is 17.5 Å². The molecule has 2 aliphatic heterocycles. The lowest BCUT2D eigenvalue weighted by atomic mass is 10.1. The van der Waals surface area contributed by atoms with Crippen molar-refractivity contribution in [2.45, 2.75) is 6.04 Å². The Morgan fingerprint density at radius 1 is 1.11 bits per heavy atom. The topological polar surface area (TPSA) is 79.9 Å². The van der Waals surface area contributed by atoms with E-state index < -0.39 is 6.04 Å². The zero-order valence-corrected chi connectivity index (χ0v) is 14.4. The number of nitrogens with zero attached hydrogens (tertiary/aromatic N) is 1. The van der Waals surface area contributed by atoms with E-state index in [-0.39, 0.29) is 24.4 Å². The van der Waals surface area contributed by atoms with E-state index >= 15 is 0 Å². The van der Waals surface area contributed by atoms with Crippen LogP contribution in [-0.2, 0) is 4.79 Å². The summed E-state index contributed by atoms with van der Waals surface area (Å²) in [4.78, 5) is 27.2. The van der Waals surface area contributed by atoms with Crippen LogP contribution in [0.5, 0.6) is 11.5 Å². The van der Waals surface area contributed by atoms with E-state index in [2.05, 4.69) is 10.6 Å². The molecule has 0 spiro atoms. The van der Waals surface area contributed by atoms with Crippen molar-refractivity contribution in [3.8, 4) is 11.5 Å². The molecule has 8 heteroatoms. The van der Waals surface area contributed by atoms with Gasteiger partial charge in [0.25, 0.3) is 5.91 Å². The molecule has 27 heavy (non-hydrogen) atoms. The molecule has 140 valence electrons. The van der Waals surface area contributed by atoms with Gasteiger partial charge in [0.15, 0.2) is 11.5 Å². The Hall–Kier alpha value is -3.13. The number of carbonyl (C=O) groups excluding carboxylic acids is 2. The van der Waals surface area contributed by atoms with Crippen LogP contribution < -0.4 is 20.1 Å². The number of hydrogen-bond acceptors (Lipinski definition) is 5. The first-order chi connectivity index (χ1) is 13.1. The predicted molar refractivity (Wildman–Crippen MR) is 95.3 cm³/mol. The van der Waals surface area contributed by atoms with Gasteiger partial charge in [0.2, 0.25) is 12.7 Å². The summed E-state index contributed by atoms with van der Waals surface area (Å²) in [6.07, 6.45) is 0. The number of fused-ring (bicyclic) bond motifs is 1. The summed E-state index contributed by atoms with van der Waals surface area (Å²) in [5.74, 6) is 0.143. The summed E-state index contributed by atoms with van der Waals surface area (Å²) in [6.45, 7) is 1.46. The Labute approximate surface area is 155 Å². The predicted octanol–water partition coefficient (Wildman–Crippen LogP) is 1.61. The fourth-order valence-corrected chi connectivity index (χ4v) is 3.14. The van der Waals surface area contributed by atoms with E-state index in [1.54, 1.807) is 18.2 Å². The molecule has 0 radical (unpaired) electrons. The molecule has 0 aromatic heterocycles. The lowest BCUT2D eigenvalue weighted by Gasteiger charge is -2.35. The minimum Gasteiger partial charge on any atom is -0.454 e. The van der Waals surface area contributed by atoms with Crippen molar-refractivity contribution < 1.29 is 23.5 Å². The van der Waals surface area contributed by atoms with E-state index in [1.807, 2.05) is 0 Å². The molecule has 2 N–H and O–H groups in total. The van der Waals surface area contributed by atoms with Crippen molar-refractivity contribution in [1.82, 2.24) is 10.2 Å². The maximum atomic E-state index is 13.0. The van der Waals surface area contributed by atoms with Crippen LogP contribution in [0.4, 0.5) is 10.1 Å². The van der Waals surface area contributed by atoms with Gasteiger partial charge in [-0.25, -0.2) is 4.39 Å². The fraction of sp³-hybridized carbons (Fsp3) is 0.263. The van der Waals surface area contributed by atoms with E-state index in [1.165, 1.54) is 29.2 Å². The van der Waals surface area contributed by atoms with Crippen molar-refractivity contribution in [2.24, 2.45) is 0 Å². The molecule has 1 atom stereocenters. The number of rotatable bonds is 3. The lowest BCUT2D eigenvalue weighted by molar-refractivity contribution is -0.121. The molecule has 2 aromatic rings. The third-order valence-corrected chi connectivity index (χ3v) is 4.54. The van der Waals surface area contributed by atoms with Crippen molar-refractivity contribution in [3.05, 3.63) is 53.8 Å². The number of anilines is 1. The second kappa shape index (κ2) is 7.24. The van der Waals surface area contributed by atoms with Gasteiger partial charge in [0.05, 0.1) is 0 Å². The van der Waals surface area contributed by atoms with E-state index in [0.29, 0.717) is 42.4 Å². The molecule has 0 saturated carbocycles. The number of amides is 2. The van der Waals surface area contributed by atoms with Crippen molar-refractivity contribution in [2.75, 3.05) is 31.7 Å². The minimum atomic E-state index is -0.679. The maximum Gasteiger partial charge on any atom is 0.254 e. The fourth-order valence-electron chi connectivity index (χ4n) is 3.14. The smallest absolute Gasteiger partial charge is 0.254 e. The number of hydrogen-bond donors (Lipinski definition) is 2. The molecule has 2 amide bonds. The Balaban J connectivity index is 1.52. The third-order valence-electron chi connectivity index (χ3n) is 4.54. The standard InChI is InChI=1S/C19H18FN3O4/c20-13-2-4-14(5-3-13)22-18(24)15-10-21-7-8-23(15)19(25)12-1-6-16-17(9-12)27-11-26-16/h1-6,9,15,21H,7-8,10-11H2,(H,22,24)/t15-/m1/s1. The maximum absolute atomic E-state index is 13.0. The second-order valence-corrected chi connectivity index (χ2v) is 6.28.